The van der Waals surface area contributed by atoms with Gasteiger partial charge in [-0.3, -0.25) is 29.9 Å². The summed E-state index contributed by atoms with van der Waals surface area (Å²) in [6, 6.07) is 13.1. The van der Waals surface area contributed by atoms with Crippen molar-refractivity contribution in [2.24, 2.45) is 0 Å². The van der Waals surface area contributed by atoms with Crippen LogP contribution in [0.3, 0.4) is 0 Å². The molecular weight excluding hydrogens is 470 g/mol. The molecule has 0 aliphatic carbocycles. The summed E-state index contributed by atoms with van der Waals surface area (Å²) in [4.78, 5) is 35.4. The van der Waals surface area contributed by atoms with Gasteiger partial charge in [0.05, 0.1) is 39.2 Å². The van der Waals surface area contributed by atoms with Crippen molar-refractivity contribution in [3.05, 3.63) is 85.5 Å². The molecule has 0 atom stereocenters. The van der Waals surface area contributed by atoms with Gasteiger partial charge < -0.3 is 9.15 Å². The number of hydrogen-bond acceptors (Lipinski definition) is 9. The molecule has 2 aromatic carbocycles. The number of carbonyl (C=O) groups excluding carboxylic acids is 1. The van der Waals surface area contributed by atoms with Gasteiger partial charge in [-0.15, -0.1) is 0 Å². The van der Waals surface area contributed by atoms with Crippen molar-refractivity contribution in [2.75, 3.05) is 12.0 Å². The first kappa shape index (κ1) is 22.2. The standard InChI is InChI=1S/C21H13N3O7S2/c1-30-18-10-14(24(28)29)5-7-16(18)17-8-6-15(31-17)11-19-20(25)22(21(32)33-19)12-3-2-4-13(9-12)23(26)27/h2-11H,1H3/b19-11+. The lowest BCUT2D eigenvalue weighted by atomic mass is 10.1. The van der Waals surface area contributed by atoms with E-state index in [-0.39, 0.29) is 26.3 Å². The number of nitro groups is 2. The van der Waals surface area contributed by atoms with E-state index in [9.17, 15) is 25.0 Å². The van der Waals surface area contributed by atoms with Crippen LogP contribution in [-0.4, -0.2) is 27.2 Å². The SMILES string of the molecule is COc1cc([N+](=O)[O-])ccc1-c1ccc(/C=C2/SC(=S)N(c3cccc([N+](=O)[O-])c3)C2=O)o1. The van der Waals surface area contributed by atoms with Crippen LogP contribution in [0.15, 0.2) is 63.9 Å². The third-order valence-electron chi connectivity index (χ3n) is 4.65. The van der Waals surface area contributed by atoms with Crippen LogP contribution in [-0.2, 0) is 4.79 Å². The van der Waals surface area contributed by atoms with E-state index >= 15 is 0 Å². The molecule has 1 fully saturated rings. The number of furan rings is 1. The number of amides is 1. The number of hydrogen-bond donors (Lipinski definition) is 0. The second-order valence-electron chi connectivity index (χ2n) is 6.64. The summed E-state index contributed by atoms with van der Waals surface area (Å²) in [5.74, 6) is 0.575. The summed E-state index contributed by atoms with van der Waals surface area (Å²) >= 11 is 6.35. The average molecular weight is 483 g/mol. The Bertz CT molecular complexity index is 1350. The van der Waals surface area contributed by atoms with Crippen molar-refractivity contribution >= 4 is 57.3 Å². The minimum absolute atomic E-state index is 0.118. The van der Waals surface area contributed by atoms with E-state index in [0.29, 0.717) is 22.8 Å². The molecule has 0 saturated carbocycles. The lowest BCUT2D eigenvalue weighted by Crippen LogP contribution is -2.27. The zero-order valence-corrected chi connectivity index (χ0v) is 18.4. The maximum atomic E-state index is 12.9. The largest absolute Gasteiger partial charge is 0.496 e. The van der Waals surface area contributed by atoms with E-state index in [4.69, 9.17) is 21.4 Å². The second-order valence-corrected chi connectivity index (χ2v) is 8.31. The minimum Gasteiger partial charge on any atom is -0.496 e. The van der Waals surface area contributed by atoms with E-state index < -0.39 is 15.8 Å². The number of methoxy groups -OCH3 is 1. The van der Waals surface area contributed by atoms with E-state index in [1.165, 1.54) is 54.5 Å². The number of ether oxygens (including phenoxy) is 1. The van der Waals surface area contributed by atoms with E-state index in [1.54, 1.807) is 18.2 Å². The highest BCUT2D eigenvalue weighted by atomic mass is 32.2. The molecule has 2 heterocycles. The molecule has 1 aromatic heterocycles. The number of thioether (sulfide) groups is 1. The molecule has 10 nitrogen and oxygen atoms in total. The predicted molar refractivity (Wildman–Crippen MR) is 126 cm³/mol. The summed E-state index contributed by atoms with van der Waals surface area (Å²) < 4.78 is 11.3. The van der Waals surface area contributed by atoms with Gasteiger partial charge in [0.2, 0.25) is 0 Å². The predicted octanol–water partition coefficient (Wildman–Crippen LogP) is 5.18. The van der Waals surface area contributed by atoms with Gasteiger partial charge in [-0.1, -0.05) is 30.0 Å². The monoisotopic (exact) mass is 483 g/mol. The number of nitrogens with zero attached hydrogens (tertiary/aromatic N) is 3. The van der Waals surface area contributed by atoms with Gasteiger partial charge in [0.1, 0.15) is 17.3 Å². The summed E-state index contributed by atoms with van der Waals surface area (Å²) in [6.45, 7) is 0. The molecule has 0 radical (unpaired) electrons. The molecule has 0 unspecified atom stereocenters. The number of anilines is 1. The Morgan fingerprint density at radius 3 is 2.48 bits per heavy atom. The number of rotatable bonds is 6. The number of non-ortho nitro benzene ring substituents is 2. The van der Waals surface area contributed by atoms with Crippen LogP contribution < -0.4 is 9.64 Å². The van der Waals surface area contributed by atoms with Crippen LogP contribution in [0.1, 0.15) is 5.76 Å². The third kappa shape index (κ3) is 4.33. The molecule has 12 heteroatoms. The topological polar surface area (TPSA) is 129 Å². The zero-order chi connectivity index (χ0) is 23.7. The first-order chi connectivity index (χ1) is 15.8. The molecule has 1 saturated heterocycles. The normalized spacial score (nSPS) is 14.7. The van der Waals surface area contributed by atoms with Gasteiger partial charge in [0.25, 0.3) is 17.3 Å². The summed E-state index contributed by atoms with van der Waals surface area (Å²) in [6.07, 6.45) is 1.51. The zero-order valence-electron chi connectivity index (χ0n) is 16.8. The highest BCUT2D eigenvalue weighted by Gasteiger charge is 2.34. The van der Waals surface area contributed by atoms with Gasteiger partial charge in [0, 0.05) is 24.3 Å². The molecule has 1 aliphatic heterocycles. The quantitative estimate of drug-likeness (QED) is 0.201. The lowest BCUT2D eigenvalue weighted by Gasteiger charge is -2.13. The van der Waals surface area contributed by atoms with Gasteiger partial charge in [-0.25, -0.2) is 0 Å². The van der Waals surface area contributed by atoms with Crippen LogP contribution in [0.5, 0.6) is 5.75 Å². The van der Waals surface area contributed by atoms with Crippen molar-refractivity contribution in [3.8, 4) is 17.1 Å². The molecule has 1 amide bonds. The van der Waals surface area contributed by atoms with Crippen LogP contribution >= 0.6 is 24.0 Å². The highest BCUT2D eigenvalue weighted by Crippen LogP contribution is 2.38. The van der Waals surface area contributed by atoms with Crippen LogP contribution in [0.25, 0.3) is 17.4 Å². The first-order valence-electron chi connectivity index (χ1n) is 9.23. The van der Waals surface area contributed by atoms with Crippen LogP contribution in [0, 0.1) is 20.2 Å². The van der Waals surface area contributed by atoms with Gasteiger partial charge >= 0.3 is 0 Å². The molecule has 0 N–H and O–H groups in total. The van der Waals surface area contributed by atoms with Gasteiger partial charge in [0.15, 0.2) is 4.32 Å². The van der Waals surface area contributed by atoms with Gasteiger partial charge in [-0.05, 0) is 24.3 Å². The maximum Gasteiger partial charge on any atom is 0.273 e. The van der Waals surface area contributed by atoms with Gasteiger partial charge in [-0.2, -0.15) is 0 Å². The second kappa shape index (κ2) is 8.84. The van der Waals surface area contributed by atoms with Crippen molar-refractivity contribution < 1.29 is 23.8 Å². The number of carbonyl (C=O) groups is 1. The van der Waals surface area contributed by atoms with Crippen molar-refractivity contribution in [1.82, 2.24) is 0 Å². The van der Waals surface area contributed by atoms with E-state index in [1.807, 2.05) is 0 Å². The number of nitro benzene ring substituents is 2. The van der Waals surface area contributed by atoms with Crippen molar-refractivity contribution in [1.29, 1.82) is 0 Å². The maximum absolute atomic E-state index is 12.9. The molecule has 33 heavy (non-hydrogen) atoms. The highest BCUT2D eigenvalue weighted by molar-refractivity contribution is 8.27. The number of thiocarbonyl (C=S) groups is 1. The molecule has 4 rings (SSSR count). The Labute approximate surface area is 195 Å². The van der Waals surface area contributed by atoms with Crippen LogP contribution in [0.4, 0.5) is 17.1 Å². The van der Waals surface area contributed by atoms with Crippen molar-refractivity contribution in [3.63, 3.8) is 0 Å². The smallest absolute Gasteiger partial charge is 0.273 e. The molecule has 3 aromatic rings. The summed E-state index contributed by atoms with van der Waals surface area (Å²) in [5.41, 5.74) is 0.531. The molecular formula is C21H13N3O7S2. The van der Waals surface area contributed by atoms with Crippen molar-refractivity contribution in [2.45, 2.75) is 0 Å². The molecule has 1 aliphatic rings. The fourth-order valence-corrected chi connectivity index (χ4v) is 4.42. The first-order valence-corrected chi connectivity index (χ1v) is 10.5. The summed E-state index contributed by atoms with van der Waals surface area (Å²) in [5, 5.41) is 22.0. The Balaban J connectivity index is 1.62. The minimum atomic E-state index is -0.548. The van der Waals surface area contributed by atoms with E-state index in [0.717, 1.165) is 11.8 Å². The fourth-order valence-electron chi connectivity index (χ4n) is 3.14. The summed E-state index contributed by atoms with van der Waals surface area (Å²) in [7, 11) is 1.39. The average Bonchev–Trinajstić information content (AvgIpc) is 3.37. The molecule has 0 bridgehead atoms. The molecule has 166 valence electrons. The fraction of sp³-hybridized carbons (Fsp3) is 0.0476. The van der Waals surface area contributed by atoms with E-state index in [2.05, 4.69) is 0 Å². The van der Waals surface area contributed by atoms with Crippen LogP contribution in [0.2, 0.25) is 0 Å². The lowest BCUT2D eigenvalue weighted by molar-refractivity contribution is -0.385. The Hall–Kier alpha value is -4.03. The Morgan fingerprint density at radius 1 is 1.06 bits per heavy atom. The third-order valence-corrected chi connectivity index (χ3v) is 5.96. The Morgan fingerprint density at radius 2 is 1.79 bits per heavy atom. The Kier molecular flexibility index (Phi) is 5.94. The number of benzene rings is 2. The molecule has 0 spiro atoms.